The van der Waals surface area contributed by atoms with Crippen LogP contribution in [0.5, 0.6) is 0 Å². The highest BCUT2D eigenvalue weighted by Gasteiger charge is 2.22. The van der Waals surface area contributed by atoms with E-state index < -0.39 is 0 Å². The Morgan fingerprint density at radius 3 is 1.73 bits per heavy atom. The summed E-state index contributed by atoms with van der Waals surface area (Å²) in [4.78, 5) is 7.53. The van der Waals surface area contributed by atoms with Crippen molar-refractivity contribution in [2.45, 2.75) is 0 Å². The lowest BCUT2D eigenvalue weighted by Crippen LogP contribution is -2.11. The number of anilines is 3. The monoisotopic (exact) mass is 664 g/mol. The first-order valence-electron chi connectivity index (χ1n) is 17.6. The Hall–Kier alpha value is -6.97. The van der Waals surface area contributed by atoms with Crippen molar-refractivity contribution in [3.8, 4) is 33.7 Å². The van der Waals surface area contributed by atoms with Crippen molar-refractivity contribution in [2.75, 3.05) is 4.90 Å². The highest BCUT2D eigenvalue weighted by Crippen LogP contribution is 2.44. The van der Waals surface area contributed by atoms with Gasteiger partial charge >= 0.3 is 0 Å². The van der Waals surface area contributed by atoms with E-state index in [2.05, 4.69) is 169 Å². The molecule has 0 spiro atoms. The van der Waals surface area contributed by atoms with Crippen molar-refractivity contribution in [3.63, 3.8) is 0 Å². The van der Waals surface area contributed by atoms with Gasteiger partial charge in [-0.2, -0.15) is 0 Å². The number of aromatic nitrogens is 1. The number of oxazole rings is 1. The summed E-state index contributed by atoms with van der Waals surface area (Å²) in [5.74, 6) is 0.602. The van der Waals surface area contributed by atoms with Crippen LogP contribution in [0.25, 0.3) is 77.1 Å². The van der Waals surface area contributed by atoms with Crippen LogP contribution < -0.4 is 4.90 Å². The SMILES string of the molecule is c1ccc(-c2cccc(N(c3ccc(-c4cc5ccccc5c5ccccc45)cc3)c3cc4ccccc4c4oc(-c5ccccc5)nc34)c2)cc1. The highest BCUT2D eigenvalue weighted by atomic mass is 16.3. The smallest absolute Gasteiger partial charge is 0.227 e. The molecule has 0 aliphatic rings. The Morgan fingerprint density at radius 1 is 0.385 bits per heavy atom. The maximum Gasteiger partial charge on any atom is 0.227 e. The van der Waals surface area contributed by atoms with Gasteiger partial charge in [-0.25, -0.2) is 4.98 Å². The number of fused-ring (bicyclic) bond motifs is 6. The number of hydrogen-bond donors (Lipinski definition) is 0. The maximum absolute atomic E-state index is 6.64. The molecule has 0 unspecified atom stereocenters. The van der Waals surface area contributed by atoms with E-state index in [0.29, 0.717) is 5.89 Å². The molecule has 0 N–H and O–H groups in total. The maximum atomic E-state index is 6.64. The van der Waals surface area contributed by atoms with Crippen LogP contribution in [0.3, 0.4) is 0 Å². The topological polar surface area (TPSA) is 29.3 Å². The molecule has 1 heterocycles. The van der Waals surface area contributed by atoms with Gasteiger partial charge in [0, 0.05) is 22.3 Å². The molecule has 0 saturated heterocycles. The van der Waals surface area contributed by atoms with Crippen LogP contribution in [0.2, 0.25) is 0 Å². The van der Waals surface area contributed by atoms with Crippen molar-refractivity contribution in [3.05, 3.63) is 194 Å². The van der Waals surface area contributed by atoms with E-state index in [0.717, 1.165) is 50.1 Å². The quantitative estimate of drug-likeness (QED) is 0.166. The van der Waals surface area contributed by atoms with Crippen molar-refractivity contribution >= 4 is 60.5 Å². The lowest BCUT2D eigenvalue weighted by Gasteiger charge is -2.27. The van der Waals surface area contributed by atoms with Gasteiger partial charge in [-0.15, -0.1) is 0 Å². The van der Waals surface area contributed by atoms with Crippen molar-refractivity contribution in [2.24, 2.45) is 0 Å². The van der Waals surface area contributed by atoms with Crippen LogP contribution in [-0.2, 0) is 0 Å². The first kappa shape index (κ1) is 29.9. The molecule has 244 valence electrons. The Balaban J connectivity index is 1.20. The second-order valence-corrected chi connectivity index (χ2v) is 13.2. The number of hydrogen-bond acceptors (Lipinski definition) is 3. The number of rotatable bonds is 6. The second kappa shape index (κ2) is 12.4. The van der Waals surface area contributed by atoms with Gasteiger partial charge in [0.25, 0.3) is 0 Å². The zero-order chi connectivity index (χ0) is 34.4. The van der Waals surface area contributed by atoms with Crippen LogP contribution in [0.15, 0.2) is 199 Å². The van der Waals surface area contributed by atoms with E-state index in [-0.39, 0.29) is 0 Å². The minimum absolute atomic E-state index is 0.602. The Kier molecular flexibility index (Phi) is 7.14. The van der Waals surface area contributed by atoms with Crippen LogP contribution >= 0.6 is 0 Å². The molecule has 52 heavy (non-hydrogen) atoms. The van der Waals surface area contributed by atoms with Crippen LogP contribution in [0.1, 0.15) is 0 Å². The molecule has 0 amide bonds. The molecule has 3 nitrogen and oxygen atoms in total. The summed E-state index contributed by atoms with van der Waals surface area (Å²) < 4.78 is 6.64. The molecular formula is C49H32N2O. The van der Waals surface area contributed by atoms with Gasteiger partial charge in [-0.1, -0.05) is 146 Å². The third-order valence-corrected chi connectivity index (χ3v) is 10.0. The van der Waals surface area contributed by atoms with Crippen LogP contribution in [0.4, 0.5) is 17.1 Å². The molecule has 1 aromatic heterocycles. The fourth-order valence-corrected chi connectivity index (χ4v) is 7.56. The Bertz CT molecular complexity index is 2890. The lowest BCUT2D eigenvalue weighted by atomic mass is 9.93. The minimum atomic E-state index is 0.602. The predicted octanol–water partition coefficient (Wildman–Crippen LogP) is 13.8. The summed E-state index contributed by atoms with van der Waals surface area (Å²) in [6.07, 6.45) is 0. The standard InChI is InChI=1S/C49H32N2O/c1-3-14-33(15-4-1)36-20-13-21-40(30-36)51(46-32-38-19-8-10-23-42(38)48-47(46)50-49(52-48)35-16-5-2-6-17-35)39-28-26-34(27-29-39)45-31-37-18-7-9-22-41(37)43-24-11-12-25-44(43)45/h1-32H. The number of nitrogens with zero attached hydrogens (tertiary/aromatic N) is 2. The molecule has 0 fully saturated rings. The summed E-state index contributed by atoms with van der Waals surface area (Å²) in [6, 6.07) is 68.7. The first-order valence-corrected chi connectivity index (χ1v) is 17.6. The molecule has 0 atom stereocenters. The van der Waals surface area contributed by atoms with Gasteiger partial charge in [0.1, 0.15) is 5.52 Å². The minimum Gasteiger partial charge on any atom is -0.435 e. The van der Waals surface area contributed by atoms with E-state index >= 15 is 0 Å². The van der Waals surface area contributed by atoms with E-state index in [9.17, 15) is 0 Å². The van der Waals surface area contributed by atoms with E-state index in [1.165, 1.54) is 38.2 Å². The number of benzene rings is 9. The van der Waals surface area contributed by atoms with E-state index in [1.54, 1.807) is 0 Å². The molecule has 0 bridgehead atoms. The third-order valence-electron chi connectivity index (χ3n) is 10.0. The largest absolute Gasteiger partial charge is 0.435 e. The molecular weight excluding hydrogens is 633 g/mol. The third kappa shape index (κ3) is 5.10. The summed E-state index contributed by atoms with van der Waals surface area (Å²) in [6.45, 7) is 0. The van der Waals surface area contributed by atoms with E-state index in [1.807, 2.05) is 30.3 Å². The Morgan fingerprint density at radius 2 is 0.981 bits per heavy atom. The first-order chi connectivity index (χ1) is 25.8. The van der Waals surface area contributed by atoms with Gasteiger partial charge in [-0.3, -0.25) is 0 Å². The molecule has 9 aromatic carbocycles. The average Bonchev–Trinajstić information content (AvgIpc) is 3.68. The van der Waals surface area contributed by atoms with Crippen LogP contribution in [0, 0.1) is 0 Å². The van der Waals surface area contributed by atoms with Gasteiger partial charge in [-0.05, 0) is 97.7 Å². The lowest BCUT2D eigenvalue weighted by molar-refractivity contribution is 0.623. The predicted molar refractivity (Wildman–Crippen MR) is 218 cm³/mol. The van der Waals surface area contributed by atoms with Crippen LogP contribution in [-0.4, -0.2) is 4.98 Å². The van der Waals surface area contributed by atoms with Gasteiger partial charge in [0.05, 0.1) is 5.69 Å². The summed E-state index contributed by atoms with van der Waals surface area (Å²) in [7, 11) is 0. The molecule has 0 aliphatic heterocycles. The highest BCUT2D eigenvalue weighted by molar-refractivity contribution is 6.14. The fraction of sp³-hybridized carbons (Fsp3) is 0. The van der Waals surface area contributed by atoms with Crippen molar-refractivity contribution in [1.82, 2.24) is 4.98 Å². The molecule has 10 aromatic rings. The molecule has 10 rings (SSSR count). The second-order valence-electron chi connectivity index (χ2n) is 13.2. The Labute approximate surface area is 301 Å². The zero-order valence-electron chi connectivity index (χ0n) is 28.3. The molecule has 0 aliphatic carbocycles. The normalized spacial score (nSPS) is 11.5. The van der Waals surface area contributed by atoms with Gasteiger partial charge in [0.2, 0.25) is 5.89 Å². The van der Waals surface area contributed by atoms with Gasteiger partial charge < -0.3 is 9.32 Å². The van der Waals surface area contributed by atoms with Gasteiger partial charge in [0.15, 0.2) is 5.58 Å². The summed E-state index contributed by atoms with van der Waals surface area (Å²) >= 11 is 0. The summed E-state index contributed by atoms with van der Waals surface area (Å²) in [5.41, 5.74) is 10.2. The molecule has 0 radical (unpaired) electrons. The molecule has 3 heteroatoms. The average molecular weight is 665 g/mol. The fourth-order valence-electron chi connectivity index (χ4n) is 7.56. The van der Waals surface area contributed by atoms with E-state index in [4.69, 9.17) is 9.40 Å². The molecule has 0 saturated carbocycles. The zero-order valence-corrected chi connectivity index (χ0v) is 28.3. The van der Waals surface area contributed by atoms with Crippen molar-refractivity contribution < 1.29 is 4.42 Å². The summed E-state index contributed by atoms with van der Waals surface area (Å²) in [5, 5.41) is 7.13. The van der Waals surface area contributed by atoms with Crippen molar-refractivity contribution in [1.29, 1.82) is 0 Å².